The third kappa shape index (κ3) is 4.14. The lowest BCUT2D eigenvalue weighted by atomic mass is 10.3. The first kappa shape index (κ1) is 18.8. The highest BCUT2D eigenvalue weighted by atomic mass is 32.1. The van der Waals surface area contributed by atoms with Gasteiger partial charge in [0.25, 0.3) is 0 Å². The summed E-state index contributed by atoms with van der Waals surface area (Å²) in [6.45, 7) is 1.40. The van der Waals surface area contributed by atoms with Crippen molar-refractivity contribution in [1.29, 1.82) is 0 Å². The van der Waals surface area contributed by atoms with Gasteiger partial charge in [-0.05, 0) is 42.8 Å². The second-order valence-electron chi connectivity index (χ2n) is 6.80. The largest absolute Gasteiger partial charge is 0.307 e. The monoisotopic (exact) mass is 410 g/mol. The Balaban J connectivity index is 1.43. The first-order valence-electron chi connectivity index (χ1n) is 9.03. The Kier molecular flexibility index (Phi) is 5.52. The molecular formula is C20H22N6S2. The molecule has 0 atom stereocenters. The predicted octanol–water partition coefficient (Wildman–Crippen LogP) is 3.88. The number of nitrogens with zero attached hydrogens (tertiary/aromatic N) is 6. The summed E-state index contributed by atoms with van der Waals surface area (Å²) in [4.78, 5) is 3.47. The fraction of sp³-hybridized carbons (Fsp3) is 0.250. The molecule has 1 aromatic carbocycles. The molecule has 0 aliphatic heterocycles. The Morgan fingerprint density at radius 3 is 2.71 bits per heavy atom. The molecule has 0 radical (unpaired) electrons. The van der Waals surface area contributed by atoms with Crippen molar-refractivity contribution in [3.8, 4) is 5.69 Å². The van der Waals surface area contributed by atoms with E-state index >= 15 is 0 Å². The number of hydrogen-bond acceptors (Lipinski definition) is 5. The van der Waals surface area contributed by atoms with Gasteiger partial charge in [0, 0.05) is 36.7 Å². The quantitative estimate of drug-likeness (QED) is 0.434. The summed E-state index contributed by atoms with van der Waals surface area (Å²) in [6, 6.07) is 14.3. The molecule has 0 fully saturated rings. The maximum atomic E-state index is 5.58. The molecule has 28 heavy (non-hydrogen) atoms. The minimum atomic E-state index is 0.633. The molecule has 3 heterocycles. The SMILES string of the molecule is CN(Cc1cnn(-c2ccccc2)c1)Cn1nc(Cc2cccs2)n(C)c1=S. The van der Waals surface area contributed by atoms with Gasteiger partial charge in [0.15, 0.2) is 4.77 Å². The van der Waals surface area contributed by atoms with Gasteiger partial charge in [-0.2, -0.15) is 10.2 Å². The summed E-state index contributed by atoms with van der Waals surface area (Å²) in [5.74, 6) is 0.984. The van der Waals surface area contributed by atoms with Gasteiger partial charge in [-0.15, -0.1) is 11.3 Å². The number of benzene rings is 1. The predicted molar refractivity (Wildman–Crippen MR) is 114 cm³/mol. The Hall–Kier alpha value is -2.55. The summed E-state index contributed by atoms with van der Waals surface area (Å²) in [5.41, 5.74) is 2.20. The number of hydrogen-bond donors (Lipinski definition) is 0. The van der Waals surface area contributed by atoms with Crippen LogP contribution in [0.3, 0.4) is 0 Å². The molecule has 0 aliphatic rings. The van der Waals surface area contributed by atoms with E-state index in [0.29, 0.717) is 6.67 Å². The summed E-state index contributed by atoms with van der Waals surface area (Å²) >= 11 is 7.33. The lowest BCUT2D eigenvalue weighted by Gasteiger charge is -2.15. The second kappa shape index (κ2) is 8.22. The lowest BCUT2D eigenvalue weighted by molar-refractivity contribution is 0.243. The van der Waals surface area contributed by atoms with E-state index in [4.69, 9.17) is 17.3 Å². The van der Waals surface area contributed by atoms with Gasteiger partial charge >= 0.3 is 0 Å². The molecule has 0 saturated carbocycles. The van der Waals surface area contributed by atoms with Crippen molar-refractivity contribution in [2.24, 2.45) is 7.05 Å². The van der Waals surface area contributed by atoms with Crippen LogP contribution in [0.5, 0.6) is 0 Å². The second-order valence-corrected chi connectivity index (χ2v) is 8.20. The number of aromatic nitrogens is 5. The number of thiophene rings is 1. The molecule has 3 aromatic heterocycles. The normalized spacial score (nSPS) is 11.4. The van der Waals surface area contributed by atoms with Crippen molar-refractivity contribution in [3.05, 3.63) is 81.3 Å². The van der Waals surface area contributed by atoms with E-state index in [1.54, 1.807) is 11.3 Å². The Morgan fingerprint density at radius 1 is 1.14 bits per heavy atom. The van der Waals surface area contributed by atoms with E-state index in [9.17, 15) is 0 Å². The van der Waals surface area contributed by atoms with E-state index in [1.165, 1.54) is 4.88 Å². The van der Waals surface area contributed by atoms with Gasteiger partial charge in [-0.25, -0.2) is 9.36 Å². The average Bonchev–Trinajstić information content (AvgIpc) is 3.42. The van der Waals surface area contributed by atoms with Crippen molar-refractivity contribution in [1.82, 2.24) is 29.0 Å². The van der Waals surface area contributed by atoms with E-state index in [2.05, 4.69) is 40.8 Å². The summed E-state index contributed by atoms with van der Waals surface area (Å²) in [6.07, 6.45) is 4.77. The molecule has 0 spiro atoms. The van der Waals surface area contributed by atoms with Crippen molar-refractivity contribution in [2.45, 2.75) is 19.6 Å². The standard InChI is InChI=1S/C20H22N6S2/c1-23(13-16-12-21-25(14-16)17-7-4-3-5-8-17)15-26-20(27)24(2)19(22-26)11-18-9-6-10-28-18/h3-10,12,14H,11,13,15H2,1-2H3. The summed E-state index contributed by atoms with van der Waals surface area (Å²) in [5, 5.41) is 11.3. The molecule has 144 valence electrons. The van der Waals surface area contributed by atoms with E-state index in [0.717, 1.165) is 34.8 Å². The average molecular weight is 411 g/mol. The van der Waals surface area contributed by atoms with Crippen molar-refractivity contribution < 1.29 is 0 Å². The number of rotatable bonds is 7. The highest BCUT2D eigenvalue weighted by molar-refractivity contribution is 7.71. The molecule has 4 rings (SSSR count). The van der Waals surface area contributed by atoms with Crippen LogP contribution in [0.4, 0.5) is 0 Å². The van der Waals surface area contributed by atoms with Crippen LogP contribution in [0.25, 0.3) is 5.69 Å². The van der Waals surface area contributed by atoms with Gasteiger partial charge < -0.3 is 4.57 Å². The Morgan fingerprint density at radius 2 is 1.96 bits per heavy atom. The first-order valence-corrected chi connectivity index (χ1v) is 10.3. The highest BCUT2D eigenvalue weighted by Gasteiger charge is 2.11. The molecule has 0 amide bonds. The Labute approximate surface area is 173 Å². The molecule has 8 heteroatoms. The summed E-state index contributed by atoms with van der Waals surface area (Å²) < 4.78 is 6.52. The van der Waals surface area contributed by atoms with Crippen LogP contribution in [-0.4, -0.2) is 36.1 Å². The van der Waals surface area contributed by atoms with Crippen LogP contribution < -0.4 is 0 Å². The minimum absolute atomic E-state index is 0.633. The van der Waals surface area contributed by atoms with Gasteiger partial charge in [0.05, 0.1) is 18.6 Å². The highest BCUT2D eigenvalue weighted by Crippen LogP contribution is 2.14. The van der Waals surface area contributed by atoms with Crippen LogP contribution in [-0.2, 0) is 26.7 Å². The zero-order valence-electron chi connectivity index (χ0n) is 15.9. The van der Waals surface area contributed by atoms with Crippen LogP contribution in [0, 0.1) is 4.77 Å². The fourth-order valence-electron chi connectivity index (χ4n) is 3.10. The number of para-hydroxylation sites is 1. The molecule has 0 aliphatic carbocycles. The van der Waals surface area contributed by atoms with E-state index < -0.39 is 0 Å². The van der Waals surface area contributed by atoms with Gasteiger partial charge in [-0.3, -0.25) is 4.90 Å². The van der Waals surface area contributed by atoms with Crippen molar-refractivity contribution in [3.63, 3.8) is 0 Å². The summed E-state index contributed by atoms with van der Waals surface area (Å²) in [7, 11) is 4.05. The third-order valence-corrected chi connectivity index (χ3v) is 5.89. The molecule has 0 saturated heterocycles. The van der Waals surface area contributed by atoms with Crippen LogP contribution in [0.1, 0.15) is 16.3 Å². The van der Waals surface area contributed by atoms with E-state index in [-0.39, 0.29) is 0 Å². The molecular weight excluding hydrogens is 388 g/mol. The smallest absolute Gasteiger partial charge is 0.198 e. The zero-order valence-corrected chi connectivity index (χ0v) is 17.5. The van der Waals surface area contributed by atoms with Crippen LogP contribution >= 0.6 is 23.6 Å². The van der Waals surface area contributed by atoms with Crippen molar-refractivity contribution in [2.75, 3.05) is 7.05 Å². The topological polar surface area (TPSA) is 43.8 Å². The lowest BCUT2D eigenvalue weighted by Crippen LogP contribution is -2.22. The Bertz CT molecular complexity index is 1090. The maximum Gasteiger partial charge on any atom is 0.198 e. The maximum absolute atomic E-state index is 5.58. The van der Waals surface area contributed by atoms with Crippen LogP contribution in [0.15, 0.2) is 60.2 Å². The minimum Gasteiger partial charge on any atom is -0.307 e. The third-order valence-electron chi connectivity index (χ3n) is 4.53. The molecule has 4 aromatic rings. The molecule has 0 bridgehead atoms. The first-order chi connectivity index (χ1) is 13.6. The van der Waals surface area contributed by atoms with Crippen LogP contribution in [0.2, 0.25) is 0 Å². The zero-order chi connectivity index (χ0) is 19.5. The van der Waals surface area contributed by atoms with Gasteiger partial charge in [0.2, 0.25) is 0 Å². The molecule has 0 unspecified atom stereocenters. The van der Waals surface area contributed by atoms with Crippen molar-refractivity contribution >= 4 is 23.6 Å². The molecule has 0 N–H and O–H groups in total. The van der Waals surface area contributed by atoms with Gasteiger partial charge in [0.1, 0.15) is 5.82 Å². The molecule has 6 nitrogen and oxygen atoms in total. The van der Waals surface area contributed by atoms with E-state index in [1.807, 2.05) is 57.5 Å². The fourth-order valence-corrected chi connectivity index (χ4v) is 4.01. The van der Waals surface area contributed by atoms with Gasteiger partial charge in [-0.1, -0.05) is 24.3 Å².